The molecular formula is C18H30N4O. The summed E-state index contributed by atoms with van der Waals surface area (Å²) in [7, 11) is 0. The largest absolute Gasteiger partial charge is 0.493 e. The summed E-state index contributed by atoms with van der Waals surface area (Å²) in [6, 6.07) is 1.69. The van der Waals surface area contributed by atoms with E-state index in [0.29, 0.717) is 5.78 Å². The molecule has 0 bridgehead atoms. The molecule has 23 heavy (non-hydrogen) atoms. The Morgan fingerprint density at radius 3 is 2.17 bits per heavy atom. The molecule has 0 fully saturated rings. The van der Waals surface area contributed by atoms with E-state index in [1.165, 1.54) is 75.1 Å². The van der Waals surface area contributed by atoms with Crippen molar-refractivity contribution in [3.63, 3.8) is 0 Å². The average molecular weight is 318 g/mol. The fraction of sp³-hybridized carbons (Fsp3) is 0.722. The van der Waals surface area contributed by atoms with E-state index >= 15 is 0 Å². The molecule has 0 aromatic carbocycles. The number of nitrogens with zero attached hydrogens (tertiary/aromatic N) is 4. The summed E-state index contributed by atoms with van der Waals surface area (Å²) >= 11 is 0. The molecule has 0 saturated carbocycles. The number of aromatic nitrogens is 4. The summed E-state index contributed by atoms with van der Waals surface area (Å²) in [6.07, 6.45) is 17.0. The fourth-order valence-corrected chi connectivity index (χ4v) is 2.94. The summed E-state index contributed by atoms with van der Waals surface area (Å²) in [6.45, 7) is 2.26. The average Bonchev–Trinajstić information content (AvgIpc) is 3.02. The molecule has 2 aromatic heterocycles. The van der Waals surface area contributed by atoms with Crippen LogP contribution in [-0.4, -0.2) is 24.7 Å². The molecule has 1 N–H and O–H groups in total. The predicted octanol–water partition coefficient (Wildman–Crippen LogP) is 4.68. The lowest BCUT2D eigenvalue weighted by Gasteiger charge is -2.04. The smallest absolute Gasteiger partial charge is 0.255 e. The van der Waals surface area contributed by atoms with Crippen molar-refractivity contribution >= 4 is 5.78 Å². The minimum Gasteiger partial charge on any atom is -0.493 e. The van der Waals surface area contributed by atoms with Crippen LogP contribution in [0.2, 0.25) is 0 Å². The number of hydrogen-bond acceptors (Lipinski definition) is 4. The maximum atomic E-state index is 9.84. The molecule has 0 aliphatic rings. The molecule has 2 aromatic rings. The number of rotatable bonds is 12. The van der Waals surface area contributed by atoms with E-state index in [0.717, 1.165) is 18.5 Å². The predicted molar refractivity (Wildman–Crippen MR) is 92.6 cm³/mol. The first kappa shape index (κ1) is 17.7. The minimum atomic E-state index is 0.116. The highest BCUT2D eigenvalue weighted by Gasteiger charge is 2.05. The van der Waals surface area contributed by atoms with Gasteiger partial charge in [-0.25, -0.2) is 4.98 Å². The third kappa shape index (κ3) is 6.16. The lowest BCUT2D eigenvalue weighted by atomic mass is 10.0. The highest BCUT2D eigenvalue weighted by molar-refractivity contribution is 5.32. The van der Waals surface area contributed by atoms with Crippen molar-refractivity contribution in [2.24, 2.45) is 0 Å². The summed E-state index contributed by atoms with van der Waals surface area (Å²) in [4.78, 5) is 8.43. The first-order chi connectivity index (χ1) is 11.3. The van der Waals surface area contributed by atoms with Crippen LogP contribution in [0.3, 0.4) is 0 Å². The summed E-state index contributed by atoms with van der Waals surface area (Å²) in [5.41, 5.74) is 0.902. The monoisotopic (exact) mass is 318 g/mol. The van der Waals surface area contributed by atoms with Gasteiger partial charge in [-0.05, 0) is 12.8 Å². The van der Waals surface area contributed by atoms with Gasteiger partial charge >= 0.3 is 0 Å². The van der Waals surface area contributed by atoms with Gasteiger partial charge in [0.1, 0.15) is 6.33 Å². The van der Waals surface area contributed by atoms with Crippen LogP contribution in [0.5, 0.6) is 5.88 Å². The van der Waals surface area contributed by atoms with Crippen molar-refractivity contribution in [1.82, 2.24) is 19.6 Å². The first-order valence-corrected chi connectivity index (χ1v) is 9.20. The number of unbranched alkanes of at least 4 members (excludes halogenated alkanes) is 10. The third-order valence-corrected chi connectivity index (χ3v) is 4.32. The Labute approximate surface area is 139 Å². The lowest BCUT2D eigenvalue weighted by molar-refractivity contribution is 0.433. The fourth-order valence-electron chi connectivity index (χ4n) is 2.94. The SMILES string of the molecule is CCCCCCCCCCCCCc1cc(O)n2ncnc2n1. The van der Waals surface area contributed by atoms with Crippen LogP contribution in [0.4, 0.5) is 0 Å². The Morgan fingerprint density at radius 2 is 1.52 bits per heavy atom. The molecule has 0 saturated heterocycles. The molecule has 128 valence electrons. The number of hydrogen-bond donors (Lipinski definition) is 1. The van der Waals surface area contributed by atoms with Gasteiger partial charge in [-0.15, -0.1) is 0 Å². The second kappa shape index (κ2) is 10.2. The summed E-state index contributed by atoms with van der Waals surface area (Å²) in [5, 5.41) is 13.8. The lowest BCUT2D eigenvalue weighted by Crippen LogP contribution is -1.97. The molecular weight excluding hydrogens is 288 g/mol. The van der Waals surface area contributed by atoms with Crippen molar-refractivity contribution in [2.45, 2.75) is 84.0 Å². The molecule has 0 amide bonds. The molecule has 0 atom stereocenters. The second-order valence-corrected chi connectivity index (χ2v) is 6.36. The van der Waals surface area contributed by atoms with E-state index in [-0.39, 0.29) is 5.88 Å². The molecule has 0 spiro atoms. The van der Waals surface area contributed by atoms with Gasteiger partial charge in [0.15, 0.2) is 0 Å². The highest BCUT2D eigenvalue weighted by Crippen LogP contribution is 2.15. The van der Waals surface area contributed by atoms with E-state index in [9.17, 15) is 5.11 Å². The van der Waals surface area contributed by atoms with E-state index in [1.54, 1.807) is 6.07 Å². The van der Waals surface area contributed by atoms with Crippen LogP contribution in [0.25, 0.3) is 5.78 Å². The van der Waals surface area contributed by atoms with Gasteiger partial charge in [0, 0.05) is 11.8 Å². The zero-order valence-corrected chi connectivity index (χ0v) is 14.4. The van der Waals surface area contributed by atoms with Crippen molar-refractivity contribution in [3.8, 4) is 5.88 Å². The van der Waals surface area contributed by atoms with Crippen molar-refractivity contribution < 1.29 is 5.11 Å². The van der Waals surface area contributed by atoms with Crippen LogP contribution < -0.4 is 0 Å². The van der Waals surface area contributed by atoms with Gasteiger partial charge in [0.2, 0.25) is 5.88 Å². The Hall–Kier alpha value is -1.65. The summed E-state index contributed by atoms with van der Waals surface area (Å²) < 4.78 is 1.35. The van der Waals surface area contributed by atoms with Gasteiger partial charge in [-0.2, -0.15) is 14.6 Å². The van der Waals surface area contributed by atoms with Gasteiger partial charge in [0.05, 0.1) is 0 Å². The summed E-state index contributed by atoms with van der Waals surface area (Å²) in [5.74, 6) is 0.591. The Bertz CT molecular complexity index is 567. The zero-order chi connectivity index (χ0) is 16.3. The van der Waals surface area contributed by atoms with Crippen LogP contribution >= 0.6 is 0 Å². The van der Waals surface area contributed by atoms with Gasteiger partial charge in [-0.1, -0.05) is 71.1 Å². The van der Waals surface area contributed by atoms with Gasteiger partial charge < -0.3 is 5.11 Å². The molecule has 0 unspecified atom stereocenters. The Balaban J connectivity index is 1.52. The third-order valence-electron chi connectivity index (χ3n) is 4.32. The second-order valence-electron chi connectivity index (χ2n) is 6.36. The molecule has 0 radical (unpaired) electrons. The molecule has 0 aliphatic heterocycles. The standard InChI is InChI=1S/C18H30N4O/c1-2-3-4-5-6-7-8-9-10-11-12-13-16-14-17(23)22-18(21-16)19-15-20-22/h14-15,23H,2-13H2,1H3. The maximum Gasteiger partial charge on any atom is 0.255 e. The zero-order valence-electron chi connectivity index (χ0n) is 14.4. The van der Waals surface area contributed by atoms with Crippen molar-refractivity contribution in [1.29, 1.82) is 0 Å². The topological polar surface area (TPSA) is 63.3 Å². The van der Waals surface area contributed by atoms with Crippen LogP contribution in [0.1, 0.15) is 83.2 Å². The maximum absolute atomic E-state index is 9.84. The van der Waals surface area contributed by atoms with E-state index in [2.05, 4.69) is 22.0 Å². The van der Waals surface area contributed by atoms with Gasteiger partial charge in [-0.3, -0.25) is 0 Å². The van der Waals surface area contributed by atoms with Gasteiger partial charge in [0.25, 0.3) is 5.78 Å². The number of fused-ring (bicyclic) bond motifs is 1. The van der Waals surface area contributed by atoms with E-state index < -0.39 is 0 Å². The molecule has 5 heteroatoms. The van der Waals surface area contributed by atoms with Crippen LogP contribution in [0.15, 0.2) is 12.4 Å². The van der Waals surface area contributed by atoms with E-state index in [4.69, 9.17) is 0 Å². The molecule has 5 nitrogen and oxygen atoms in total. The van der Waals surface area contributed by atoms with Crippen molar-refractivity contribution in [2.75, 3.05) is 0 Å². The first-order valence-electron chi connectivity index (χ1n) is 9.20. The number of aryl methyl sites for hydroxylation is 1. The highest BCUT2D eigenvalue weighted by atomic mass is 16.3. The normalized spacial score (nSPS) is 11.3. The molecule has 2 heterocycles. The quantitative estimate of drug-likeness (QED) is 0.577. The Kier molecular flexibility index (Phi) is 7.84. The number of aromatic hydroxyl groups is 1. The van der Waals surface area contributed by atoms with E-state index in [1.807, 2.05) is 0 Å². The van der Waals surface area contributed by atoms with Crippen LogP contribution in [-0.2, 0) is 6.42 Å². The van der Waals surface area contributed by atoms with Crippen LogP contribution in [0, 0.1) is 0 Å². The minimum absolute atomic E-state index is 0.116. The Morgan fingerprint density at radius 1 is 0.913 bits per heavy atom. The molecule has 2 rings (SSSR count). The van der Waals surface area contributed by atoms with Crippen molar-refractivity contribution in [3.05, 3.63) is 18.1 Å². The molecule has 0 aliphatic carbocycles.